The molecule has 4 rings (SSSR count). The van der Waals surface area contributed by atoms with Crippen molar-refractivity contribution in [3.8, 4) is 11.5 Å². The van der Waals surface area contributed by atoms with E-state index in [1.807, 2.05) is 42.3 Å². The van der Waals surface area contributed by atoms with Crippen LogP contribution < -0.4 is 9.47 Å². The average Bonchev–Trinajstić information content (AvgIpc) is 2.67. The van der Waals surface area contributed by atoms with Crippen LogP contribution in [0.25, 0.3) is 0 Å². The smallest absolute Gasteiger partial charge is 0.315 e. The molecule has 0 aromatic heterocycles. The van der Waals surface area contributed by atoms with Gasteiger partial charge in [0.25, 0.3) is 0 Å². The van der Waals surface area contributed by atoms with E-state index in [0.29, 0.717) is 25.6 Å². The lowest BCUT2D eigenvalue weighted by molar-refractivity contribution is -0.137. The van der Waals surface area contributed by atoms with Gasteiger partial charge in [0.05, 0.1) is 6.73 Å². The van der Waals surface area contributed by atoms with Gasteiger partial charge < -0.3 is 19.7 Å². The van der Waals surface area contributed by atoms with Gasteiger partial charge in [0.1, 0.15) is 30.9 Å². The van der Waals surface area contributed by atoms with Gasteiger partial charge in [0.2, 0.25) is 0 Å². The largest absolute Gasteiger partial charge is 0.481 e. The molecule has 1 atom stereocenters. The van der Waals surface area contributed by atoms with Crippen LogP contribution in [0, 0.1) is 0 Å². The summed E-state index contributed by atoms with van der Waals surface area (Å²) in [5, 5.41) is 19.2. The van der Waals surface area contributed by atoms with Gasteiger partial charge in [-0.25, -0.2) is 4.90 Å². The fraction of sp³-hybridized carbons (Fsp3) is 0.350. The first kappa shape index (κ1) is 17.8. The summed E-state index contributed by atoms with van der Waals surface area (Å²) < 4.78 is 11.3. The Balaban J connectivity index is 1.70. The number of carboxylic acid groups (broad SMARTS) is 1. The van der Waals surface area contributed by atoms with Gasteiger partial charge in [-0.1, -0.05) is 12.1 Å². The van der Waals surface area contributed by atoms with E-state index in [9.17, 15) is 15.0 Å². The number of benzene rings is 2. The molecule has 0 aliphatic carbocycles. The second kappa shape index (κ2) is 7.19. The van der Waals surface area contributed by atoms with Crippen molar-refractivity contribution in [1.82, 2.24) is 9.80 Å². The van der Waals surface area contributed by atoms with Gasteiger partial charge in [-0.3, -0.25) is 9.69 Å². The molecular formula is C20H22N2O5. The minimum absolute atomic E-state index is 0.107. The molecule has 2 N–H and O–H groups in total. The van der Waals surface area contributed by atoms with Crippen molar-refractivity contribution in [1.29, 1.82) is 0 Å². The van der Waals surface area contributed by atoms with E-state index in [1.165, 1.54) is 0 Å². The second-order valence-electron chi connectivity index (χ2n) is 7.04. The number of aliphatic hydroxyl groups is 1. The van der Waals surface area contributed by atoms with Crippen molar-refractivity contribution in [2.24, 2.45) is 0 Å². The Hall–Kier alpha value is -2.61. The van der Waals surface area contributed by atoms with Crippen LogP contribution in [0.3, 0.4) is 0 Å². The lowest BCUT2D eigenvalue weighted by atomic mass is 9.88. The van der Waals surface area contributed by atoms with Gasteiger partial charge in [0.15, 0.2) is 0 Å². The standard InChI is InChI=1S/C20H22N2O5/c1-21-8-15-6-13(2-4-17(15)26-11-21)19(20(24)25)14-3-5-18-16(7-14)9-22(10-23)12-27-18/h2-7,19,23H,8-12H2,1H3,(H,24,25). The fourth-order valence-corrected chi connectivity index (χ4v) is 3.62. The molecule has 2 aromatic rings. The van der Waals surface area contributed by atoms with E-state index in [4.69, 9.17) is 9.47 Å². The number of hydrogen-bond donors (Lipinski definition) is 2. The summed E-state index contributed by atoms with van der Waals surface area (Å²) in [4.78, 5) is 15.9. The van der Waals surface area contributed by atoms with Crippen molar-refractivity contribution in [3.63, 3.8) is 0 Å². The molecule has 142 valence electrons. The normalized spacial score (nSPS) is 18.0. The molecule has 7 nitrogen and oxygen atoms in total. The Morgan fingerprint density at radius 1 is 1.04 bits per heavy atom. The highest BCUT2D eigenvalue weighted by molar-refractivity contribution is 5.81. The third-order valence-electron chi connectivity index (χ3n) is 4.96. The molecule has 0 radical (unpaired) electrons. The molecule has 2 aromatic carbocycles. The number of fused-ring (bicyclic) bond motifs is 2. The van der Waals surface area contributed by atoms with Crippen molar-refractivity contribution < 1.29 is 24.5 Å². The zero-order valence-corrected chi connectivity index (χ0v) is 15.1. The van der Waals surface area contributed by atoms with E-state index >= 15 is 0 Å². The minimum atomic E-state index is -0.907. The molecule has 0 spiro atoms. The first-order valence-corrected chi connectivity index (χ1v) is 8.81. The summed E-state index contributed by atoms with van der Waals surface area (Å²) in [6, 6.07) is 11.1. The maximum Gasteiger partial charge on any atom is 0.315 e. The van der Waals surface area contributed by atoms with Gasteiger partial charge in [-0.2, -0.15) is 0 Å². The SMILES string of the molecule is CN1COc2ccc(C(C(=O)O)c3ccc4c(c3)CN(CO)CO4)cc2C1. The monoisotopic (exact) mass is 370 g/mol. The molecule has 2 aliphatic heterocycles. The van der Waals surface area contributed by atoms with Crippen LogP contribution in [-0.2, 0) is 17.9 Å². The first-order chi connectivity index (χ1) is 13.0. The molecule has 0 bridgehead atoms. The van der Waals surface area contributed by atoms with Crippen LogP contribution in [-0.4, -0.2) is 53.2 Å². The number of carbonyl (C=O) groups is 1. The van der Waals surface area contributed by atoms with Crippen molar-refractivity contribution in [3.05, 3.63) is 58.7 Å². The average molecular weight is 370 g/mol. The zero-order valence-electron chi connectivity index (χ0n) is 15.1. The van der Waals surface area contributed by atoms with E-state index in [1.54, 1.807) is 11.0 Å². The van der Waals surface area contributed by atoms with Crippen LogP contribution in [0.2, 0.25) is 0 Å². The minimum Gasteiger partial charge on any atom is -0.481 e. The first-order valence-electron chi connectivity index (χ1n) is 8.81. The lowest BCUT2D eigenvalue weighted by Gasteiger charge is -2.28. The summed E-state index contributed by atoms with van der Waals surface area (Å²) in [5.41, 5.74) is 3.27. The second-order valence-corrected chi connectivity index (χ2v) is 7.04. The summed E-state index contributed by atoms with van der Waals surface area (Å²) in [6.45, 7) is 1.99. The quantitative estimate of drug-likeness (QED) is 0.849. The molecule has 0 saturated carbocycles. The molecule has 27 heavy (non-hydrogen) atoms. The number of aliphatic carboxylic acids is 1. The maximum absolute atomic E-state index is 12.1. The van der Waals surface area contributed by atoms with Crippen LogP contribution >= 0.6 is 0 Å². The van der Waals surface area contributed by atoms with E-state index in [0.717, 1.165) is 34.7 Å². The third kappa shape index (κ3) is 3.49. The summed E-state index contributed by atoms with van der Waals surface area (Å²) in [5.74, 6) is -0.153. The van der Waals surface area contributed by atoms with Gasteiger partial charge in [0, 0.05) is 24.2 Å². The highest BCUT2D eigenvalue weighted by Crippen LogP contribution is 2.34. The molecular weight excluding hydrogens is 348 g/mol. The molecule has 7 heteroatoms. The van der Waals surface area contributed by atoms with Gasteiger partial charge >= 0.3 is 5.97 Å². The molecule has 0 fully saturated rings. The summed E-state index contributed by atoms with van der Waals surface area (Å²) in [6.07, 6.45) is 0. The Kier molecular flexibility index (Phi) is 4.73. The predicted octanol–water partition coefficient (Wildman–Crippen LogP) is 1.79. The van der Waals surface area contributed by atoms with Gasteiger partial charge in [-0.15, -0.1) is 0 Å². The van der Waals surface area contributed by atoms with Crippen molar-refractivity contribution >= 4 is 5.97 Å². The molecule has 2 heterocycles. The Morgan fingerprint density at radius 2 is 1.63 bits per heavy atom. The Morgan fingerprint density at radius 3 is 2.22 bits per heavy atom. The fourth-order valence-electron chi connectivity index (χ4n) is 3.62. The van der Waals surface area contributed by atoms with Crippen molar-refractivity contribution in [2.45, 2.75) is 19.0 Å². The lowest BCUT2D eigenvalue weighted by Crippen LogP contribution is -2.32. The summed E-state index contributed by atoms with van der Waals surface area (Å²) in [7, 11) is 1.96. The topological polar surface area (TPSA) is 82.5 Å². The number of rotatable bonds is 4. The molecule has 0 amide bonds. The van der Waals surface area contributed by atoms with Crippen LogP contribution in [0.4, 0.5) is 0 Å². The van der Waals surface area contributed by atoms with E-state index < -0.39 is 11.9 Å². The zero-order chi connectivity index (χ0) is 19.0. The highest BCUT2D eigenvalue weighted by atomic mass is 16.5. The number of nitrogens with zero attached hydrogens (tertiary/aromatic N) is 2. The maximum atomic E-state index is 12.1. The van der Waals surface area contributed by atoms with Crippen LogP contribution in [0.15, 0.2) is 36.4 Å². The molecule has 0 saturated heterocycles. The van der Waals surface area contributed by atoms with Crippen LogP contribution in [0.1, 0.15) is 28.2 Å². The Labute approximate surface area is 157 Å². The third-order valence-corrected chi connectivity index (χ3v) is 4.96. The predicted molar refractivity (Wildman–Crippen MR) is 97.4 cm³/mol. The van der Waals surface area contributed by atoms with E-state index in [-0.39, 0.29) is 6.73 Å². The summed E-state index contributed by atoms with van der Waals surface area (Å²) >= 11 is 0. The van der Waals surface area contributed by atoms with E-state index in [2.05, 4.69) is 0 Å². The van der Waals surface area contributed by atoms with Gasteiger partial charge in [-0.05, 0) is 42.4 Å². The Bertz CT molecular complexity index is 869. The number of hydrogen-bond acceptors (Lipinski definition) is 6. The van der Waals surface area contributed by atoms with Crippen molar-refractivity contribution in [2.75, 3.05) is 27.2 Å². The molecule has 1 unspecified atom stereocenters. The van der Waals surface area contributed by atoms with Crippen LogP contribution in [0.5, 0.6) is 11.5 Å². The molecule has 2 aliphatic rings. The number of ether oxygens (including phenoxy) is 2. The number of carboxylic acids is 1. The number of aliphatic hydroxyl groups excluding tert-OH is 1. The highest BCUT2D eigenvalue weighted by Gasteiger charge is 2.26.